The Hall–Kier alpha value is -3.92. The Labute approximate surface area is 231 Å². The van der Waals surface area contributed by atoms with Crippen molar-refractivity contribution in [3.8, 4) is 22.9 Å². The fourth-order valence-electron chi connectivity index (χ4n) is 4.86. The summed E-state index contributed by atoms with van der Waals surface area (Å²) in [7, 11) is 0. The molecule has 1 N–H and O–H groups in total. The van der Waals surface area contributed by atoms with Crippen LogP contribution in [-0.4, -0.2) is 48.4 Å². The number of ether oxygens (including phenoxy) is 2. The largest absolute Gasteiger partial charge is 0.493 e. The van der Waals surface area contributed by atoms with E-state index in [1.54, 1.807) is 0 Å². The first-order valence-corrected chi connectivity index (χ1v) is 13.6. The van der Waals surface area contributed by atoms with Crippen LogP contribution in [0.5, 0.6) is 5.75 Å². The quantitative estimate of drug-likeness (QED) is 0.226. The summed E-state index contributed by atoms with van der Waals surface area (Å²) in [6, 6.07) is 21.7. The van der Waals surface area contributed by atoms with Crippen LogP contribution >= 0.6 is 0 Å². The van der Waals surface area contributed by atoms with E-state index >= 15 is 0 Å². The van der Waals surface area contributed by atoms with Crippen LogP contribution in [0.25, 0.3) is 23.3 Å². The lowest BCUT2D eigenvalue weighted by molar-refractivity contribution is -0.150. The van der Waals surface area contributed by atoms with Crippen molar-refractivity contribution >= 4 is 18.1 Å². The molecule has 0 unspecified atom stereocenters. The molecule has 0 saturated carbocycles. The van der Waals surface area contributed by atoms with E-state index in [9.17, 15) is 15.2 Å². The zero-order chi connectivity index (χ0) is 27.6. The van der Waals surface area contributed by atoms with E-state index < -0.39 is 12.0 Å². The van der Waals surface area contributed by atoms with Gasteiger partial charge in [-0.2, -0.15) is 5.26 Å². The lowest BCUT2D eigenvalue weighted by Crippen LogP contribution is -2.49. The molecule has 3 aromatic rings. The third kappa shape index (κ3) is 7.14. The van der Waals surface area contributed by atoms with Crippen molar-refractivity contribution in [2.75, 3.05) is 26.4 Å². The molecule has 1 aliphatic heterocycles. The van der Waals surface area contributed by atoms with Crippen molar-refractivity contribution in [1.29, 1.82) is 5.26 Å². The molecule has 1 atom stereocenters. The molecule has 1 heterocycles. The Morgan fingerprint density at radius 3 is 2.67 bits per heavy atom. The molecule has 0 spiro atoms. The molecule has 1 fully saturated rings. The number of carboxylic acids is 1. The van der Waals surface area contributed by atoms with E-state index in [0.29, 0.717) is 31.9 Å². The van der Waals surface area contributed by atoms with Gasteiger partial charge in [0.2, 0.25) is 0 Å². The Morgan fingerprint density at radius 1 is 1.13 bits per heavy atom. The SMILES string of the molecule is CCCCCOc1cc(C)c(/C=C/c2cccc(-c3ccccc3)c2C#N)cc1CN1CCOC[C@H]1C(=O)O. The van der Waals surface area contributed by atoms with Crippen molar-refractivity contribution in [3.63, 3.8) is 0 Å². The maximum atomic E-state index is 11.9. The molecule has 6 nitrogen and oxygen atoms in total. The lowest BCUT2D eigenvalue weighted by atomic mass is 9.95. The average molecular weight is 525 g/mol. The van der Waals surface area contributed by atoms with E-state index in [2.05, 4.69) is 19.1 Å². The number of aliphatic carboxylic acids is 1. The van der Waals surface area contributed by atoms with Gasteiger partial charge in [0.1, 0.15) is 17.9 Å². The fraction of sp³-hybridized carbons (Fsp3) is 0.333. The van der Waals surface area contributed by atoms with E-state index in [0.717, 1.165) is 58.4 Å². The second kappa shape index (κ2) is 13.7. The standard InChI is InChI=1S/C33H36N2O4/c1-3-4-8-17-39-32-19-24(2)27(20-28(32)22-35-16-18-38-23-31(35)33(36)37)15-14-26-12-9-13-29(30(26)21-34)25-10-6-5-7-11-25/h5-7,9-15,19-20,31H,3-4,8,16-18,22-23H2,1-2H3,(H,36,37)/b15-14+/t31-/m0/s1. The van der Waals surface area contributed by atoms with Crippen molar-refractivity contribution in [2.45, 2.75) is 45.7 Å². The first-order valence-electron chi connectivity index (χ1n) is 13.6. The second-order valence-corrected chi connectivity index (χ2v) is 9.85. The Balaban J connectivity index is 1.66. The monoisotopic (exact) mass is 524 g/mol. The number of carboxylic acid groups (broad SMARTS) is 1. The molecule has 0 bridgehead atoms. The van der Waals surface area contributed by atoms with Gasteiger partial charge in [0.05, 0.1) is 25.4 Å². The van der Waals surface area contributed by atoms with Crippen LogP contribution in [0.15, 0.2) is 60.7 Å². The summed E-state index contributed by atoms with van der Waals surface area (Å²) in [5, 5.41) is 19.7. The summed E-state index contributed by atoms with van der Waals surface area (Å²) in [5.74, 6) is -0.0881. The van der Waals surface area contributed by atoms with Gasteiger partial charge >= 0.3 is 5.97 Å². The first-order chi connectivity index (χ1) is 19.0. The number of hydrogen-bond donors (Lipinski definition) is 1. The summed E-state index contributed by atoms with van der Waals surface area (Å²) < 4.78 is 11.6. The van der Waals surface area contributed by atoms with Crippen molar-refractivity contribution in [1.82, 2.24) is 4.90 Å². The number of nitriles is 1. The number of rotatable bonds is 11. The third-order valence-corrected chi connectivity index (χ3v) is 7.09. The molecule has 0 amide bonds. The zero-order valence-corrected chi connectivity index (χ0v) is 22.7. The van der Waals surface area contributed by atoms with Crippen LogP contribution < -0.4 is 4.74 Å². The minimum absolute atomic E-state index is 0.176. The molecule has 1 saturated heterocycles. The normalized spacial score (nSPS) is 15.8. The number of nitrogens with zero attached hydrogens (tertiary/aromatic N) is 2. The molecule has 0 aliphatic carbocycles. The number of carbonyl (C=O) groups is 1. The molecule has 0 radical (unpaired) electrons. The summed E-state index contributed by atoms with van der Waals surface area (Å²) in [6.07, 6.45) is 7.19. The highest BCUT2D eigenvalue weighted by atomic mass is 16.5. The van der Waals surface area contributed by atoms with Crippen LogP contribution in [-0.2, 0) is 16.1 Å². The molecule has 4 rings (SSSR count). The Kier molecular flexibility index (Phi) is 9.91. The fourth-order valence-corrected chi connectivity index (χ4v) is 4.86. The molecular formula is C33H36N2O4. The van der Waals surface area contributed by atoms with Gasteiger partial charge in [0.15, 0.2) is 0 Å². The number of aryl methyl sites for hydroxylation is 1. The highest BCUT2D eigenvalue weighted by Crippen LogP contribution is 2.30. The van der Waals surface area contributed by atoms with Gasteiger partial charge in [-0.05, 0) is 47.7 Å². The minimum Gasteiger partial charge on any atom is -0.493 e. The van der Waals surface area contributed by atoms with Gasteiger partial charge in [-0.15, -0.1) is 0 Å². The summed E-state index contributed by atoms with van der Waals surface area (Å²) in [6.45, 7) is 6.51. The predicted molar refractivity (Wildman–Crippen MR) is 154 cm³/mol. The van der Waals surface area contributed by atoms with Crippen LogP contribution in [0.1, 0.15) is 54.0 Å². The second-order valence-electron chi connectivity index (χ2n) is 9.85. The molecule has 1 aliphatic rings. The van der Waals surface area contributed by atoms with E-state index in [4.69, 9.17) is 9.47 Å². The van der Waals surface area contributed by atoms with Gasteiger partial charge in [0.25, 0.3) is 0 Å². The van der Waals surface area contributed by atoms with Gasteiger partial charge < -0.3 is 14.6 Å². The third-order valence-electron chi connectivity index (χ3n) is 7.09. The van der Waals surface area contributed by atoms with Gasteiger partial charge in [-0.1, -0.05) is 80.4 Å². The highest BCUT2D eigenvalue weighted by Gasteiger charge is 2.30. The van der Waals surface area contributed by atoms with Gasteiger partial charge in [-0.3, -0.25) is 9.69 Å². The molecule has 6 heteroatoms. The number of hydrogen-bond acceptors (Lipinski definition) is 5. The zero-order valence-electron chi connectivity index (χ0n) is 22.7. The predicted octanol–water partition coefficient (Wildman–Crippen LogP) is 6.56. The Morgan fingerprint density at radius 2 is 1.92 bits per heavy atom. The molecule has 202 valence electrons. The average Bonchev–Trinajstić information content (AvgIpc) is 2.96. The maximum Gasteiger partial charge on any atom is 0.323 e. The summed E-state index contributed by atoms with van der Waals surface area (Å²) >= 11 is 0. The lowest BCUT2D eigenvalue weighted by Gasteiger charge is -2.33. The van der Waals surface area contributed by atoms with Crippen molar-refractivity contribution in [2.24, 2.45) is 0 Å². The highest BCUT2D eigenvalue weighted by molar-refractivity contribution is 5.81. The molecule has 39 heavy (non-hydrogen) atoms. The molecule has 0 aromatic heterocycles. The van der Waals surface area contributed by atoms with Crippen LogP contribution in [0.4, 0.5) is 0 Å². The Bertz CT molecular complexity index is 1340. The maximum absolute atomic E-state index is 11.9. The van der Waals surface area contributed by atoms with E-state index in [1.165, 1.54) is 0 Å². The van der Waals surface area contributed by atoms with E-state index in [-0.39, 0.29) is 6.61 Å². The van der Waals surface area contributed by atoms with Crippen LogP contribution in [0.3, 0.4) is 0 Å². The van der Waals surface area contributed by atoms with Crippen LogP contribution in [0.2, 0.25) is 0 Å². The van der Waals surface area contributed by atoms with Gasteiger partial charge in [0, 0.05) is 24.2 Å². The van der Waals surface area contributed by atoms with Gasteiger partial charge in [-0.25, -0.2) is 0 Å². The smallest absolute Gasteiger partial charge is 0.323 e. The number of benzene rings is 3. The molecule has 3 aromatic carbocycles. The minimum atomic E-state index is -0.880. The summed E-state index contributed by atoms with van der Waals surface area (Å²) in [4.78, 5) is 13.8. The number of morpholine rings is 1. The van der Waals surface area contributed by atoms with Crippen LogP contribution in [0, 0.1) is 18.3 Å². The number of unbranched alkanes of at least 4 members (excludes halogenated alkanes) is 2. The van der Waals surface area contributed by atoms with Crippen molar-refractivity contribution in [3.05, 3.63) is 88.5 Å². The molecular weight excluding hydrogens is 488 g/mol. The topological polar surface area (TPSA) is 82.8 Å². The van der Waals surface area contributed by atoms with Crippen molar-refractivity contribution < 1.29 is 19.4 Å². The first kappa shape index (κ1) is 28.1. The summed E-state index contributed by atoms with van der Waals surface area (Å²) in [5.41, 5.74) is 6.38. The van der Waals surface area contributed by atoms with E-state index in [1.807, 2.05) is 78.6 Å².